The van der Waals surface area contributed by atoms with E-state index in [0.717, 1.165) is 5.56 Å². The van der Waals surface area contributed by atoms with Crippen LogP contribution in [0.2, 0.25) is 5.02 Å². The predicted molar refractivity (Wildman–Crippen MR) is 75.0 cm³/mol. The molecule has 1 aromatic rings. The zero-order valence-electron chi connectivity index (χ0n) is 10.6. The molecule has 0 aliphatic rings. The molecule has 5 heteroatoms. The van der Waals surface area contributed by atoms with Crippen molar-refractivity contribution < 1.29 is 14.7 Å². The molecule has 2 N–H and O–H groups in total. The highest BCUT2D eigenvalue weighted by atomic mass is 35.5. The van der Waals surface area contributed by atoms with Gasteiger partial charge in [0.05, 0.1) is 0 Å². The number of carbonyl (C=O) groups is 2. The van der Waals surface area contributed by atoms with Gasteiger partial charge in [-0.1, -0.05) is 29.8 Å². The standard InChI is InChI=1S/C14H16ClNO3/c1-10(6-9-14(18)19)16-13(17)8-7-11-4-2-3-5-12(11)15/h2-5,7-8,10H,6,9H2,1H3,(H,16,17)(H,18,19). The topological polar surface area (TPSA) is 66.4 Å². The van der Waals surface area contributed by atoms with Gasteiger partial charge in [-0.2, -0.15) is 0 Å². The van der Waals surface area contributed by atoms with Gasteiger partial charge in [0.2, 0.25) is 5.91 Å². The lowest BCUT2D eigenvalue weighted by molar-refractivity contribution is -0.137. The summed E-state index contributed by atoms with van der Waals surface area (Å²) in [5, 5.41) is 11.8. The van der Waals surface area contributed by atoms with Gasteiger partial charge in [0.1, 0.15) is 0 Å². The molecule has 0 aliphatic heterocycles. The zero-order valence-corrected chi connectivity index (χ0v) is 11.4. The molecule has 1 atom stereocenters. The van der Waals surface area contributed by atoms with Gasteiger partial charge in [-0.25, -0.2) is 0 Å². The van der Waals surface area contributed by atoms with Gasteiger partial charge in [0.15, 0.2) is 0 Å². The van der Waals surface area contributed by atoms with E-state index in [0.29, 0.717) is 11.4 Å². The largest absolute Gasteiger partial charge is 0.481 e. The van der Waals surface area contributed by atoms with Crippen molar-refractivity contribution in [1.29, 1.82) is 0 Å². The third-order valence-electron chi connectivity index (χ3n) is 2.50. The van der Waals surface area contributed by atoms with Crippen molar-refractivity contribution in [2.45, 2.75) is 25.8 Å². The first-order valence-electron chi connectivity index (χ1n) is 5.94. The summed E-state index contributed by atoms with van der Waals surface area (Å²) in [6.45, 7) is 1.77. The van der Waals surface area contributed by atoms with Crippen LogP contribution in [-0.2, 0) is 9.59 Å². The Morgan fingerprint density at radius 2 is 2.11 bits per heavy atom. The Labute approximate surface area is 117 Å². The average molecular weight is 282 g/mol. The fourth-order valence-electron chi connectivity index (χ4n) is 1.48. The number of aliphatic carboxylic acids is 1. The molecule has 0 saturated heterocycles. The van der Waals surface area contributed by atoms with Crippen LogP contribution in [-0.4, -0.2) is 23.0 Å². The summed E-state index contributed by atoms with van der Waals surface area (Å²) in [7, 11) is 0. The smallest absolute Gasteiger partial charge is 0.303 e. The Balaban J connectivity index is 2.47. The minimum absolute atomic E-state index is 0.0374. The van der Waals surface area contributed by atoms with Gasteiger partial charge in [-0.05, 0) is 31.1 Å². The van der Waals surface area contributed by atoms with Crippen LogP contribution in [0.15, 0.2) is 30.3 Å². The molecule has 0 aromatic heterocycles. The van der Waals surface area contributed by atoms with E-state index in [-0.39, 0.29) is 18.4 Å². The first-order valence-corrected chi connectivity index (χ1v) is 6.31. The second-order valence-electron chi connectivity index (χ2n) is 4.20. The Morgan fingerprint density at radius 3 is 2.74 bits per heavy atom. The van der Waals surface area contributed by atoms with E-state index in [1.54, 1.807) is 25.1 Å². The molecule has 0 aliphatic carbocycles. The molecule has 0 saturated carbocycles. The van der Waals surface area contributed by atoms with Crippen molar-refractivity contribution in [3.8, 4) is 0 Å². The molecule has 0 fully saturated rings. The summed E-state index contributed by atoms with van der Waals surface area (Å²) in [4.78, 5) is 22.0. The van der Waals surface area contributed by atoms with E-state index in [1.807, 2.05) is 12.1 Å². The molecule has 0 spiro atoms. The summed E-state index contributed by atoms with van der Waals surface area (Å²) >= 11 is 5.95. The highest BCUT2D eigenvalue weighted by Gasteiger charge is 2.07. The number of hydrogen-bond donors (Lipinski definition) is 2. The van der Waals surface area contributed by atoms with Gasteiger partial charge in [0, 0.05) is 23.6 Å². The maximum Gasteiger partial charge on any atom is 0.303 e. The van der Waals surface area contributed by atoms with Crippen LogP contribution in [0.3, 0.4) is 0 Å². The lowest BCUT2D eigenvalue weighted by atomic mass is 10.1. The fraction of sp³-hybridized carbons (Fsp3) is 0.286. The molecular weight excluding hydrogens is 266 g/mol. The Bertz CT molecular complexity index is 485. The van der Waals surface area contributed by atoms with Gasteiger partial charge >= 0.3 is 5.97 Å². The van der Waals surface area contributed by atoms with Gasteiger partial charge in [-0.15, -0.1) is 0 Å². The van der Waals surface area contributed by atoms with Crippen molar-refractivity contribution >= 4 is 29.6 Å². The van der Waals surface area contributed by atoms with E-state index in [4.69, 9.17) is 16.7 Å². The van der Waals surface area contributed by atoms with E-state index in [2.05, 4.69) is 5.32 Å². The minimum atomic E-state index is -0.868. The summed E-state index contributed by atoms with van der Waals surface area (Å²) in [6, 6.07) is 7.01. The molecule has 0 heterocycles. The zero-order chi connectivity index (χ0) is 14.3. The molecule has 19 heavy (non-hydrogen) atoms. The van der Waals surface area contributed by atoms with Crippen molar-refractivity contribution in [1.82, 2.24) is 5.32 Å². The van der Waals surface area contributed by atoms with Crippen LogP contribution in [0.1, 0.15) is 25.3 Å². The first kappa shape index (κ1) is 15.2. The van der Waals surface area contributed by atoms with Crippen LogP contribution < -0.4 is 5.32 Å². The van der Waals surface area contributed by atoms with Crippen LogP contribution in [0, 0.1) is 0 Å². The van der Waals surface area contributed by atoms with Gasteiger partial charge in [-0.3, -0.25) is 9.59 Å². The molecule has 1 amide bonds. The van der Waals surface area contributed by atoms with E-state index >= 15 is 0 Å². The van der Waals surface area contributed by atoms with Gasteiger partial charge in [0.25, 0.3) is 0 Å². The van der Waals surface area contributed by atoms with Crippen LogP contribution >= 0.6 is 11.6 Å². The van der Waals surface area contributed by atoms with Crippen molar-refractivity contribution in [3.63, 3.8) is 0 Å². The summed E-state index contributed by atoms with van der Waals surface area (Å²) in [5.41, 5.74) is 0.762. The molecule has 102 valence electrons. The van der Waals surface area contributed by atoms with Crippen molar-refractivity contribution in [2.24, 2.45) is 0 Å². The third-order valence-corrected chi connectivity index (χ3v) is 2.84. The maximum absolute atomic E-state index is 11.6. The lowest BCUT2D eigenvalue weighted by Crippen LogP contribution is -2.31. The second-order valence-corrected chi connectivity index (χ2v) is 4.60. The summed E-state index contributed by atoms with van der Waals surface area (Å²) < 4.78 is 0. The van der Waals surface area contributed by atoms with E-state index in [1.165, 1.54) is 6.08 Å². The average Bonchev–Trinajstić information content (AvgIpc) is 2.35. The maximum atomic E-state index is 11.6. The monoisotopic (exact) mass is 281 g/mol. The number of hydrogen-bond acceptors (Lipinski definition) is 2. The SMILES string of the molecule is CC(CCC(=O)O)NC(=O)C=Cc1ccccc1Cl. The number of carboxylic acids is 1. The number of carbonyl (C=O) groups excluding carboxylic acids is 1. The Hall–Kier alpha value is -1.81. The molecular formula is C14H16ClNO3. The molecule has 4 nitrogen and oxygen atoms in total. The number of amides is 1. The summed E-state index contributed by atoms with van der Waals surface area (Å²) in [6.07, 6.45) is 3.46. The second kappa shape index (κ2) is 7.59. The van der Waals surface area contributed by atoms with Crippen molar-refractivity contribution in [2.75, 3.05) is 0 Å². The Morgan fingerprint density at radius 1 is 1.42 bits per heavy atom. The number of nitrogens with one attached hydrogen (secondary N) is 1. The van der Waals surface area contributed by atoms with E-state index < -0.39 is 5.97 Å². The van der Waals surface area contributed by atoms with E-state index in [9.17, 15) is 9.59 Å². The third kappa shape index (κ3) is 6.06. The highest BCUT2D eigenvalue weighted by molar-refractivity contribution is 6.32. The number of benzene rings is 1. The van der Waals surface area contributed by atoms with Crippen LogP contribution in [0.25, 0.3) is 6.08 Å². The normalized spacial score (nSPS) is 12.3. The minimum Gasteiger partial charge on any atom is -0.481 e. The van der Waals surface area contributed by atoms with Gasteiger partial charge < -0.3 is 10.4 Å². The van der Waals surface area contributed by atoms with Crippen molar-refractivity contribution in [3.05, 3.63) is 40.9 Å². The number of carboxylic acid groups (broad SMARTS) is 1. The molecule has 0 radical (unpaired) electrons. The predicted octanol–water partition coefficient (Wildman–Crippen LogP) is 2.72. The first-order chi connectivity index (χ1) is 8.99. The summed E-state index contributed by atoms with van der Waals surface area (Å²) in [5.74, 6) is -1.13. The number of halogens is 1. The lowest BCUT2D eigenvalue weighted by Gasteiger charge is -2.10. The Kier molecular flexibility index (Phi) is 6.09. The van der Waals surface area contributed by atoms with Crippen LogP contribution in [0.5, 0.6) is 0 Å². The molecule has 1 aromatic carbocycles. The molecule has 1 unspecified atom stereocenters. The molecule has 0 bridgehead atoms. The quantitative estimate of drug-likeness (QED) is 0.788. The molecule has 1 rings (SSSR count). The highest BCUT2D eigenvalue weighted by Crippen LogP contribution is 2.16. The number of rotatable bonds is 6. The fourth-order valence-corrected chi connectivity index (χ4v) is 1.68. The van der Waals surface area contributed by atoms with Crippen LogP contribution in [0.4, 0.5) is 0 Å².